The molecule has 0 saturated heterocycles. The predicted octanol–water partition coefficient (Wildman–Crippen LogP) is 2.18. The fourth-order valence-electron chi connectivity index (χ4n) is 1.15. The van der Waals surface area contributed by atoms with Crippen molar-refractivity contribution in [3.63, 3.8) is 0 Å². The van der Waals surface area contributed by atoms with Gasteiger partial charge in [-0.1, -0.05) is 28.1 Å². The van der Waals surface area contributed by atoms with Crippen molar-refractivity contribution >= 4 is 33.7 Å². The van der Waals surface area contributed by atoms with E-state index in [-0.39, 0.29) is 5.97 Å². The molecule has 0 amide bonds. The first-order valence-corrected chi connectivity index (χ1v) is 6.74. The van der Waals surface area contributed by atoms with Crippen molar-refractivity contribution in [1.29, 1.82) is 0 Å². The molecule has 1 aromatic carbocycles. The minimum absolute atomic E-state index is 0.359. The molecule has 0 fully saturated rings. The first kappa shape index (κ1) is 13.5. The second kappa shape index (κ2) is 6.93. The molecular weight excluding hydrogens is 290 g/mol. The van der Waals surface area contributed by atoms with Crippen LogP contribution in [0.1, 0.15) is 5.56 Å². The Kier molecular flexibility index (Phi) is 5.87. The van der Waals surface area contributed by atoms with E-state index in [0.717, 1.165) is 10.2 Å². The van der Waals surface area contributed by atoms with Crippen LogP contribution in [-0.2, 0) is 15.3 Å². The smallest absolute Gasteiger partial charge is 0.323 e. The molecule has 1 aromatic rings. The van der Waals surface area contributed by atoms with Gasteiger partial charge in [-0.05, 0) is 17.7 Å². The fourth-order valence-corrected chi connectivity index (χ4v) is 2.52. The van der Waals surface area contributed by atoms with Crippen LogP contribution in [0.25, 0.3) is 0 Å². The minimum Gasteiger partial charge on any atom is -0.468 e. The zero-order valence-electron chi connectivity index (χ0n) is 8.98. The fraction of sp³-hybridized carbons (Fsp3) is 0.364. The predicted molar refractivity (Wildman–Crippen MR) is 70.3 cm³/mol. The number of thioether (sulfide) groups is 1. The summed E-state index contributed by atoms with van der Waals surface area (Å²) in [5.74, 6) is 1.05. The molecule has 0 aliphatic heterocycles. The van der Waals surface area contributed by atoms with E-state index in [1.165, 1.54) is 12.7 Å². The topological polar surface area (TPSA) is 52.3 Å². The van der Waals surface area contributed by atoms with Gasteiger partial charge in [0.15, 0.2) is 0 Å². The molecule has 5 heteroatoms. The van der Waals surface area contributed by atoms with E-state index in [4.69, 9.17) is 5.73 Å². The van der Waals surface area contributed by atoms with Gasteiger partial charge in [0.2, 0.25) is 0 Å². The first-order chi connectivity index (χ1) is 7.63. The summed E-state index contributed by atoms with van der Waals surface area (Å²) in [5.41, 5.74) is 6.82. The number of esters is 1. The molecule has 0 aliphatic rings. The van der Waals surface area contributed by atoms with E-state index < -0.39 is 6.04 Å². The summed E-state index contributed by atoms with van der Waals surface area (Å²) in [6.07, 6.45) is 0. The third kappa shape index (κ3) is 4.55. The van der Waals surface area contributed by atoms with E-state index >= 15 is 0 Å². The Labute approximate surface area is 108 Å². The molecule has 0 bridgehead atoms. The third-order valence-corrected chi connectivity index (χ3v) is 3.58. The molecule has 1 atom stereocenters. The monoisotopic (exact) mass is 303 g/mol. The Morgan fingerprint density at radius 3 is 3.00 bits per heavy atom. The van der Waals surface area contributed by atoms with E-state index in [9.17, 15) is 4.79 Å². The molecule has 0 heterocycles. The molecule has 3 nitrogen and oxygen atoms in total. The summed E-state index contributed by atoms with van der Waals surface area (Å²) in [4.78, 5) is 11.0. The molecule has 1 rings (SSSR count). The van der Waals surface area contributed by atoms with Crippen LogP contribution in [0.4, 0.5) is 0 Å². The summed E-state index contributed by atoms with van der Waals surface area (Å²) in [7, 11) is 1.35. The van der Waals surface area contributed by atoms with Crippen LogP contribution in [0.2, 0.25) is 0 Å². The van der Waals surface area contributed by atoms with Crippen molar-refractivity contribution in [2.75, 3.05) is 12.9 Å². The largest absolute Gasteiger partial charge is 0.468 e. The molecule has 0 saturated carbocycles. The number of carbonyl (C=O) groups is 1. The highest BCUT2D eigenvalue weighted by atomic mass is 79.9. The van der Waals surface area contributed by atoms with Crippen LogP contribution in [0.3, 0.4) is 0 Å². The Morgan fingerprint density at radius 1 is 1.62 bits per heavy atom. The minimum atomic E-state index is -0.540. The maximum absolute atomic E-state index is 11.0. The molecule has 0 radical (unpaired) electrons. The molecule has 2 N–H and O–H groups in total. The molecule has 1 unspecified atom stereocenters. The van der Waals surface area contributed by atoms with E-state index in [1.54, 1.807) is 11.8 Å². The highest BCUT2D eigenvalue weighted by molar-refractivity contribution is 9.10. The zero-order valence-corrected chi connectivity index (χ0v) is 11.4. The molecule has 0 spiro atoms. The summed E-state index contributed by atoms with van der Waals surface area (Å²) in [6.45, 7) is 0. The third-order valence-electron chi connectivity index (χ3n) is 1.96. The van der Waals surface area contributed by atoms with Crippen LogP contribution in [0.5, 0.6) is 0 Å². The quantitative estimate of drug-likeness (QED) is 0.847. The number of hydrogen-bond donors (Lipinski definition) is 1. The van der Waals surface area contributed by atoms with E-state index in [2.05, 4.69) is 26.7 Å². The van der Waals surface area contributed by atoms with E-state index in [0.29, 0.717) is 5.75 Å². The lowest BCUT2D eigenvalue weighted by Crippen LogP contribution is -2.33. The summed E-state index contributed by atoms with van der Waals surface area (Å²) in [5, 5.41) is 0. The number of benzene rings is 1. The van der Waals surface area contributed by atoms with Gasteiger partial charge in [-0.3, -0.25) is 4.79 Å². The van der Waals surface area contributed by atoms with Crippen LogP contribution in [-0.4, -0.2) is 24.9 Å². The molecular formula is C11H14BrNO2S. The number of hydrogen-bond acceptors (Lipinski definition) is 4. The zero-order chi connectivity index (χ0) is 12.0. The van der Waals surface area contributed by atoms with Crippen molar-refractivity contribution in [3.8, 4) is 0 Å². The van der Waals surface area contributed by atoms with Crippen molar-refractivity contribution in [2.45, 2.75) is 11.8 Å². The summed E-state index contributed by atoms with van der Waals surface area (Å²) in [6, 6.07) is 7.52. The molecule has 0 aliphatic carbocycles. The highest BCUT2D eigenvalue weighted by Gasteiger charge is 2.12. The average molecular weight is 304 g/mol. The van der Waals surface area contributed by atoms with Crippen molar-refractivity contribution in [2.24, 2.45) is 5.73 Å². The number of rotatable bonds is 5. The van der Waals surface area contributed by atoms with Gasteiger partial charge in [0.1, 0.15) is 6.04 Å². The maximum Gasteiger partial charge on any atom is 0.323 e. The molecule has 0 aromatic heterocycles. The van der Waals surface area contributed by atoms with Gasteiger partial charge >= 0.3 is 5.97 Å². The Hall–Kier alpha value is -0.520. The number of carbonyl (C=O) groups excluding carboxylic acids is 1. The van der Waals surface area contributed by atoms with Gasteiger partial charge < -0.3 is 10.5 Å². The second-order valence-corrected chi connectivity index (χ2v) is 5.22. The van der Waals surface area contributed by atoms with Gasteiger partial charge in [0, 0.05) is 16.0 Å². The molecule has 88 valence electrons. The lowest BCUT2D eigenvalue weighted by molar-refractivity contribution is -0.141. The Balaban J connectivity index is 2.33. The first-order valence-electron chi connectivity index (χ1n) is 4.79. The lowest BCUT2D eigenvalue weighted by Gasteiger charge is -2.08. The van der Waals surface area contributed by atoms with E-state index in [1.807, 2.05) is 18.2 Å². The Morgan fingerprint density at radius 2 is 2.38 bits per heavy atom. The van der Waals surface area contributed by atoms with Crippen LogP contribution >= 0.6 is 27.7 Å². The molecule has 16 heavy (non-hydrogen) atoms. The SMILES string of the molecule is COC(=O)C(N)CSCc1cccc(Br)c1. The van der Waals surface area contributed by atoms with Gasteiger partial charge in [0.25, 0.3) is 0 Å². The number of nitrogens with two attached hydrogens (primary N) is 1. The lowest BCUT2D eigenvalue weighted by atomic mass is 10.2. The van der Waals surface area contributed by atoms with Gasteiger partial charge in [-0.2, -0.15) is 11.8 Å². The van der Waals surface area contributed by atoms with Gasteiger partial charge in [-0.15, -0.1) is 0 Å². The average Bonchev–Trinajstić information content (AvgIpc) is 2.28. The second-order valence-electron chi connectivity index (χ2n) is 3.27. The normalized spacial score (nSPS) is 12.2. The van der Waals surface area contributed by atoms with Crippen molar-refractivity contribution in [3.05, 3.63) is 34.3 Å². The number of methoxy groups -OCH3 is 1. The van der Waals surface area contributed by atoms with Crippen LogP contribution < -0.4 is 5.73 Å². The Bertz CT molecular complexity index is 360. The van der Waals surface area contributed by atoms with Crippen LogP contribution in [0, 0.1) is 0 Å². The number of halogens is 1. The maximum atomic E-state index is 11.0. The summed E-state index contributed by atoms with van der Waals surface area (Å²) >= 11 is 5.03. The van der Waals surface area contributed by atoms with Crippen molar-refractivity contribution in [1.82, 2.24) is 0 Å². The van der Waals surface area contributed by atoms with Crippen molar-refractivity contribution < 1.29 is 9.53 Å². The van der Waals surface area contributed by atoms with Gasteiger partial charge in [0.05, 0.1) is 7.11 Å². The highest BCUT2D eigenvalue weighted by Crippen LogP contribution is 2.17. The summed E-state index contributed by atoms with van der Waals surface area (Å²) < 4.78 is 5.61. The number of ether oxygens (including phenoxy) is 1. The standard InChI is InChI=1S/C11H14BrNO2S/c1-15-11(14)10(13)7-16-6-8-3-2-4-9(12)5-8/h2-5,10H,6-7,13H2,1H3. The van der Waals surface area contributed by atoms with Gasteiger partial charge in [-0.25, -0.2) is 0 Å². The van der Waals surface area contributed by atoms with Crippen LogP contribution in [0.15, 0.2) is 28.7 Å².